The summed E-state index contributed by atoms with van der Waals surface area (Å²) in [4.78, 5) is 12.4. The number of halogens is 1. The number of anilines is 1. The van der Waals surface area contributed by atoms with Crippen LogP contribution in [-0.2, 0) is 5.33 Å². The van der Waals surface area contributed by atoms with Crippen molar-refractivity contribution >= 4 is 27.5 Å². The third-order valence-electron chi connectivity index (χ3n) is 3.02. The molecule has 0 aliphatic rings. The van der Waals surface area contributed by atoms with Gasteiger partial charge in [-0.2, -0.15) is 0 Å². The minimum absolute atomic E-state index is 0.268. The maximum Gasteiger partial charge on any atom is 0.263 e. The van der Waals surface area contributed by atoms with Crippen molar-refractivity contribution in [2.45, 2.75) is 5.33 Å². The topological polar surface area (TPSA) is 47.6 Å². The first-order chi connectivity index (χ1) is 10.2. The summed E-state index contributed by atoms with van der Waals surface area (Å²) >= 11 is 3.39. The summed E-state index contributed by atoms with van der Waals surface area (Å²) in [5.74, 6) is 0.684. The SMILES string of the molecule is COc1cccc(OC)c1C(=O)Nc1ccc(CBr)cc1. The molecule has 0 aliphatic heterocycles. The predicted octanol–water partition coefficient (Wildman–Crippen LogP) is 3.85. The Labute approximate surface area is 132 Å². The highest BCUT2D eigenvalue weighted by Gasteiger charge is 2.18. The molecule has 0 radical (unpaired) electrons. The summed E-state index contributed by atoms with van der Waals surface area (Å²) in [6.45, 7) is 0. The van der Waals surface area contributed by atoms with Crippen LogP contribution < -0.4 is 14.8 Å². The predicted molar refractivity (Wildman–Crippen MR) is 86.6 cm³/mol. The molecule has 2 aromatic rings. The van der Waals surface area contributed by atoms with E-state index in [-0.39, 0.29) is 5.91 Å². The van der Waals surface area contributed by atoms with Crippen LogP contribution in [-0.4, -0.2) is 20.1 Å². The van der Waals surface area contributed by atoms with E-state index in [1.807, 2.05) is 24.3 Å². The second-order valence-corrected chi connectivity index (χ2v) is 4.88. The average Bonchev–Trinajstić information content (AvgIpc) is 2.54. The maximum atomic E-state index is 12.4. The number of benzene rings is 2. The van der Waals surface area contributed by atoms with E-state index < -0.39 is 0 Å². The molecule has 0 bridgehead atoms. The zero-order chi connectivity index (χ0) is 15.2. The van der Waals surface area contributed by atoms with E-state index in [0.717, 1.165) is 16.6 Å². The standard InChI is InChI=1S/C16H16BrNO3/c1-20-13-4-3-5-14(21-2)15(13)16(19)18-12-8-6-11(10-17)7-9-12/h3-9H,10H2,1-2H3,(H,18,19). The normalized spacial score (nSPS) is 10.0. The van der Waals surface area contributed by atoms with Crippen LogP contribution in [0, 0.1) is 0 Å². The minimum atomic E-state index is -0.268. The molecule has 2 aromatic carbocycles. The molecular weight excluding hydrogens is 334 g/mol. The Kier molecular flexibility index (Phi) is 5.22. The van der Waals surface area contributed by atoms with Gasteiger partial charge in [0.1, 0.15) is 17.1 Å². The molecular formula is C16H16BrNO3. The van der Waals surface area contributed by atoms with Crippen LogP contribution in [0.3, 0.4) is 0 Å². The number of ether oxygens (including phenoxy) is 2. The van der Waals surface area contributed by atoms with Crippen LogP contribution in [0.4, 0.5) is 5.69 Å². The fourth-order valence-corrected chi connectivity index (χ4v) is 2.32. The molecule has 0 fully saturated rings. The van der Waals surface area contributed by atoms with E-state index in [1.54, 1.807) is 18.2 Å². The molecule has 4 nitrogen and oxygen atoms in total. The number of methoxy groups -OCH3 is 2. The first-order valence-electron chi connectivity index (χ1n) is 6.37. The molecule has 0 aromatic heterocycles. The third-order valence-corrected chi connectivity index (χ3v) is 3.67. The van der Waals surface area contributed by atoms with Gasteiger partial charge in [0.25, 0.3) is 5.91 Å². The number of nitrogens with one attached hydrogen (secondary N) is 1. The molecule has 1 N–H and O–H groups in total. The molecule has 21 heavy (non-hydrogen) atoms. The summed E-state index contributed by atoms with van der Waals surface area (Å²) in [5.41, 5.74) is 2.24. The lowest BCUT2D eigenvalue weighted by molar-refractivity contribution is 0.102. The number of alkyl halides is 1. The number of rotatable bonds is 5. The molecule has 2 rings (SSSR count). The van der Waals surface area contributed by atoms with Crippen LogP contribution in [0.2, 0.25) is 0 Å². The number of amides is 1. The highest BCUT2D eigenvalue weighted by Crippen LogP contribution is 2.29. The molecule has 5 heteroatoms. The van der Waals surface area contributed by atoms with Crippen molar-refractivity contribution in [1.29, 1.82) is 0 Å². The van der Waals surface area contributed by atoms with Gasteiger partial charge in [-0.25, -0.2) is 0 Å². The van der Waals surface area contributed by atoms with Crippen molar-refractivity contribution in [3.05, 3.63) is 53.6 Å². The first kappa shape index (κ1) is 15.4. The van der Waals surface area contributed by atoms with Gasteiger partial charge in [0.05, 0.1) is 14.2 Å². The lowest BCUT2D eigenvalue weighted by Gasteiger charge is -2.13. The van der Waals surface area contributed by atoms with Gasteiger partial charge in [-0.15, -0.1) is 0 Å². The smallest absolute Gasteiger partial charge is 0.263 e. The van der Waals surface area contributed by atoms with Gasteiger partial charge >= 0.3 is 0 Å². The van der Waals surface area contributed by atoms with Crippen molar-refractivity contribution in [2.24, 2.45) is 0 Å². The van der Waals surface area contributed by atoms with Crippen molar-refractivity contribution in [2.75, 3.05) is 19.5 Å². The van der Waals surface area contributed by atoms with Gasteiger partial charge in [0.2, 0.25) is 0 Å². The van der Waals surface area contributed by atoms with Gasteiger partial charge in [-0.1, -0.05) is 34.1 Å². The van der Waals surface area contributed by atoms with Crippen molar-refractivity contribution in [3.8, 4) is 11.5 Å². The van der Waals surface area contributed by atoms with Crippen LogP contribution in [0.15, 0.2) is 42.5 Å². The lowest BCUT2D eigenvalue weighted by atomic mass is 10.1. The second-order valence-electron chi connectivity index (χ2n) is 4.32. The second kappa shape index (κ2) is 7.13. The van der Waals surface area contributed by atoms with Crippen molar-refractivity contribution < 1.29 is 14.3 Å². The Hall–Kier alpha value is -2.01. The summed E-state index contributed by atoms with van der Waals surface area (Å²) < 4.78 is 10.5. The molecule has 0 atom stereocenters. The molecule has 0 spiro atoms. The molecule has 0 heterocycles. The molecule has 0 unspecified atom stereocenters. The van der Waals surface area contributed by atoms with E-state index in [4.69, 9.17) is 9.47 Å². The maximum absolute atomic E-state index is 12.4. The Morgan fingerprint density at radius 3 is 2.10 bits per heavy atom. The van der Waals surface area contributed by atoms with E-state index in [0.29, 0.717) is 17.1 Å². The van der Waals surface area contributed by atoms with Gasteiger partial charge in [0.15, 0.2) is 0 Å². The fraction of sp³-hybridized carbons (Fsp3) is 0.188. The first-order valence-corrected chi connectivity index (χ1v) is 7.49. The van der Waals surface area contributed by atoms with Gasteiger partial charge < -0.3 is 14.8 Å². The van der Waals surface area contributed by atoms with Gasteiger partial charge in [0, 0.05) is 11.0 Å². The van der Waals surface area contributed by atoms with Crippen LogP contribution in [0.5, 0.6) is 11.5 Å². The number of hydrogen-bond donors (Lipinski definition) is 1. The van der Waals surface area contributed by atoms with E-state index in [9.17, 15) is 4.79 Å². The number of carbonyl (C=O) groups excluding carboxylic acids is 1. The van der Waals surface area contributed by atoms with Crippen LogP contribution in [0.1, 0.15) is 15.9 Å². The minimum Gasteiger partial charge on any atom is -0.496 e. The molecule has 110 valence electrons. The van der Waals surface area contributed by atoms with Crippen molar-refractivity contribution in [1.82, 2.24) is 0 Å². The zero-order valence-corrected chi connectivity index (χ0v) is 13.4. The van der Waals surface area contributed by atoms with Crippen molar-refractivity contribution in [3.63, 3.8) is 0 Å². The van der Waals surface area contributed by atoms with E-state index in [2.05, 4.69) is 21.2 Å². The Bertz CT molecular complexity index is 604. The highest BCUT2D eigenvalue weighted by molar-refractivity contribution is 9.08. The molecule has 0 saturated heterocycles. The Balaban J connectivity index is 2.27. The van der Waals surface area contributed by atoms with Gasteiger partial charge in [-0.05, 0) is 29.8 Å². The Morgan fingerprint density at radius 2 is 1.62 bits per heavy atom. The summed E-state index contributed by atoms with van der Waals surface area (Å²) in [5, 5.41) is 3.62. The average molecular weight is 350 g/mol. The van der Waals surface area contributed by atoms with Gasteiger partial charge in [-0.3, -0.25) is 4.79 Å². The van der Waals surface area contributed by atoms with Crippen LogP contribution in [0.25, 0.3) is 0 Å². The monoisotopic (exact) mass is 349 g/mol. The summed E-state index contributed by atoms with van der Waals surface area (Å²) in [7, 11) is 3.05. The fourth-order valence-electron chi connectivity index (χ4n) is 1.95. The number of carbonyl (C=O) groups is 1. The largest absolute Gasteiger partial charge is 0.496 e. The summed E-state index contributed by atoms with van der Waals surface area (Å²) in [6, 6.07) is 12.8. The summed E-state index contributed by atoms with van der Waals surface area (Å²) in [6.07, 6.45) is 0. The quantitative estimate of drug-likeness (QED) is 0.834. The zero-order valence-electron chi connectivity index (χ0n) is 11.9. The third kappa shape index (κ3) is 3.55. The van der Waals surface area contributed by atoms with E-state index in [1.165, 1.54) is 14.2 Å². The van der Waals surface area contributed by atoms with Crippen LogP contribution >= 0.6 is 15.9 Å². The Morgan fingerprint density at radius 1 is 1.05 bits per heavy atom. The number of hydrogen-bond acceptors (Lipinski definition) is 3. The lowest BCUT2D eigenvalue weighted by Crippen LogP contribution is -2.14. The molecule has 1 amide bonds. The molecule has 0 saturated carbocycles. The molecule has 0 aliphatic carbocycles. The van der Waals surface area contributed by atoms with E-state index >= 15 is 0 Å². The highest BCUT2D eigenvalue weighted by atomic mass is 79.9.